The fraction of sp³-hybridized carbons (Fsp3) is 0. The number of benzene rings is 1. The number of guanidine groups is 1. The molecule has 0 spiro atoms. The number of halogens is 1. The Labute approximate surface area is 90.1 Å². The van der Waals surface area contributed by atoms with Gasteiger partial charge >= 0.3 is 5.96 Å². The van der Waals surface area contributed by atoms with E-state index in [-0.39, 0.29) is 5.96 Å². The van der Waals surface area contributed by atoms with E-state index in [1.54, 1.807) is 24.3 Å². The molecule has 0 heterocycles. The van der Waals surface area contributed by atoms with Crippen molar-refractivity contribution in [3.63, 3.8) is 0 Å². The minimum atomic E-state index is -1.75. The molecule has 5 N–H and O–H groups in total. The Morgan fingerprint density at radius 2 is 1.67 bits per heavy atom. The third kappa shape index (κ3) is 8.31. The summed E-state index contributed by atoms with van der Waals surface area (Å²) >= 11 is 5.65. The zero-order valence-electron chi connectivity index (χ0n) is 7.51. The van der Waals surface area contributed by atoms with Crippen LogP contribution in [0.25, 0.3) is 0 Å². The van der Waals surface area contributed by atoms with Crippen molar-refractivity contribution in [1.29, 1.82) is 0 Å². The minimum Gasteiger partial charge on any atom is -0.356 e. The van der Waals surface area contributed by atoms with Gasteiger partial charge in [0.2, 0.25) is 0 Å². The molecule has 1 aromatic carbocycles. The van der Waals surface area contributed by atoms with Crippen LogP contribution in [0, 0.1) is 15.3 Å². The number of rotatable bonds is 1. The zero-order chi connectivity index (χ0) is 11.8. The van der Waals surface area contributed by atoms with Crippen molar-refractivity contribution in [2.24, 2.45) is 11.5 Å². The summed E-state index contributed by atoms with van der Waals surface area (Å²) in [5.74, 6) is 0.173. The number of hydrogen-bond donors (Lipinski definition) is 3. The van der Waals surface area contributed by atoms with Gasteiger partial charge in [0, 0.05) is 5.02 Å². The number of nitrogens with one attached hydrogen (secondary N) is 1. The summed E-state index contributed by atoms with van der Waals surface area (Å²) in [6, 6.07) is 7.10. The number of nitrogens with zero attached hydrogens (tertiary/aromatic N) is 1. The molecule has 0 aliphatic rings. The van der Waals surface area contributed by atoms with Gasteiger partial charge in [0.15, 0.2) is 0 Å². The largest absolute Gasteiger partial charge is 0.356 e. The van der Waals surface area contributed by atoms with Crippen LogP contribution in [0.5, 0.6) is 0 Å². The molecule has 0 aliphatic carbocycles. The summed E-state index contributed by atoms with van der Waals surface area (Å²) in [5.41, 5.74) is 11.3. The first kappa shape index (κ1) is 13.0. The van der Waals surface area contributed by atoms with E-state index in [2.05, 4.69) is 4.99 Å². The molecule has 0 amide bonds. The molecule has 82 valence electrons. The van der Waals surface area contributed by atoms with Gasteiger partial charge in [-0.3, -0.25) is 11.5 Å². The molecule has 0 bridgehead atoms. The van der Waals surface area contributed by atoms with Crippen molar-refractivity contribution < 1.29 is 10.1 Å². The summed E-state index contributed by atoms with van der Waals surface area (Å²) in [6.45, 7) is 0. The Kier molecular flexibility index (Phi) is 5.57. The van der Waals surface area contributed by atoms with E-state index in [1.165, 1.54) is 0 Å². The van der Waals surface area contributed by atoms with Crippen molar-refractivity contribution in [2.75, 3.05) is 0 Å². The maximum absolute atomic E-state index is 8.25. The summed E-state index contributed by atoms with van der Waals surface area (Å²) in [7, 11) is 0. The van der Waals surface area contributed by atoms with Crippen molar-refractivity contribution >= 4 is 23.2 Å². The Morgan fingerprint density at radius 1 is 1.27 bits per heavy atom. The van der Waals surface area contributed by atoms with Gasteiger partial charge in [-0.05, 0) is 24.3 Å². The topological polar surface area (TPSA) is 132 Å². The van der Waals surface area contributed by atoms with Gasteiger partial charge < -0.3 is 15.3 Å². The molecule has 0 saturated carbocycles. The standard InChI is InChI=1S/C7H8ClN3.NO3/c8-5-1-3-6(4-2-5)11-7(9)10;2-1(3)4/h1-4H,(H4,9,10,11);/q;-1/p+1. The normalized spacial score (nSPS) is 8.33. The van der Waals surface area contributed by atoms with E-state index < -0.39 is 5.09 Å². The van der Waals surface area contributed by atoms with E-state index in [4.69, 9.17) is 38.4 Å². The van der Waals surface area contributed by atoms with Crippen LogP contribution in [0.3, 0.4) is 0 Å². The molecule has 0 fully saturated rings. The minimum absolute atomic E-state index is 0.173. The smallest absolute Gasteiger partial charge is 0.343 e. The fourth-order valence-electron chi connectivity index (χ4n) is 0.700. The van der Waals surface area contributed by atoms with Gasteiger partial charge in [-0.15, -0.1) is 0 Å². The summed E-state index contributed by atoms with van der Waals surface area (Å²) in [5, 5.41) is 15.4. The number of nitrogens with two attached hydrogens (primary N) is 2. The van der Waals surface area contributed by atoms with Crippen molar-refractivity contribution in [1.82, 2.24) is 0 Å². The Bertz CT molecular complexity index is 344. The van der Waals surface area contributed by atoms with E-state index in [0.29, 0.717) is 5.02 Å². The lowest BCUT2D eigenvalue weighted by Crippen LogP contribution is -2.72. The number of hydrogen-bond acceptors (Lipinski definition) is 3. The molecule has 0 saturated heterocycles. The lowest BCUT2D eigenvalue weighted by Gasteiger charge is -1.91. The maximum atomic E-state index is 8.25. The summed E-state index contributed by atoms with van der Waals surface area (Å²) in [4.78, 5) is 11.0. The molecule has 1 aromatic rings. The van der Waals surface area contributed by atoms with Crippen LogP contribution in [0.2, 0.25) is 5.02 Å². The lowest BCUT2D eigenvalue weighted by atomic mass is 10.3. The van der Waals surface area contributed by atoms with Crippen LogP contribution in [0.1, 0.15) is 0 Å². The molecule has 8 heteroatoms. The molecule has 1 rings (SSSR count). The van der Waals surface area contributed by atoms with Crippen molar-refractivity contribution in [3.8, 4) is 0 Å². The quantitative estimate of drug-likeness (QED) is 0.249. The van der Waals surface area contributed by atoms with Gasteiger partial charge in [0.05, 0.1) is 10.8 Å². The van der Waals surface area contributed by atoms with Crippen LogP contribution < -0.4 is 16.5 Å². The maximum Gasteiger partial charge on any atom is 0.343 e. The van der Waals surface area contributed by atoms with Gasteiger partial charge in [-0.25, -0.2) is 4.99 Å². The highest BCUT2D eigenvalue weighted by atomic mass is 35.5. The zero-order valence-corrected chi connectivity index (χ0v) is 8.27. The van der Waals surface area contributed by atoms with E-state index in [9.17, 15) is 0 Å². The lowest BCUT2D eigenvalue weighted by molar-refractivity contribution is -0.402. The second-order valence-electron chi connectivity index (χ2n) is 2.31. The van der Waals surface area contributed by atoms with Gasteiger partial charge in [0.1, 0.15) is 0 Å². The van der Waals surface area contributed by atoms with Gasteiger partial charge in [-0.1, -0.05) is 11.6 Å². The molecule has 0 atom stereocenters. The Balaban J connectivity index is 0.000000423. The van der Waals surface area contributed by atoms with Crippen LogP contribution >= 0.6 is 11.6 Å². The molecule has 0 aromatic heterocycles. The first-order valence-electron chi connectivity index (χ1n) is 3.64. The SMILES string of the molecule is NC(N)=[NH+]c1ccc(Cl)cc1.O=[N+]([O-])[O-]. The molecule has 7 nitrogen and oxygen atoms in total. The van der Waals surface area contributed by atoms with Crippen LogP contribution in [-0.4, -0.2) is 11.0 Å². The molecule has 15 heavy (non-hydrogen) atoms. The average molecular weight is 233 g/mol. The molecular weight excluding hydrogens is 224 g/mol. The average Bonchev–Trinajstić information content (AvgIpc) is 2.07. The van der Waals surface area contributed by atoms with Crippen molar-refractivity contribution in [3.05, 3.63) is 44.6 Å². The van der Waals surface area contributed by atoms with Crippen LogP contribution in [-0.2, 0) is 0 Å². The predicted octanol–water partition coefficient (Wildman–Crippen LogP) is -0.914. The molecule has 0 unspecified atom stereocenters. The van der Waals surface area contributed by atoms with E-state index >= 15 is 0 Å². The highest BCUT2D eigenvalue weighted by Crippen LogP contribution is 2.08. The Morgan fingerprint density at radius 3 is 2.00 bits per heavy atom. The van der Waals surface area contributed by atoms with E-state index in [0.717, 1.165) is 5.69 Å². The fourth-order valence-corrected chi connectivity index (χ4v) is 0.826. The van der Waals surface area contributed by atoms with Gasteiger partial charge in [0.25, 0.3) is 0 Å². The molecular formula is C7H9ClN4O3. The van der Waals surface area contributed by atoms with Gasteiger partial charge in [-0.2, -0.15) is 0 Å². The summed E-state index contributed by atoms with van der Waals surface area (Å²) in [6.07, 6.45) is 0. The third-order valence-corrected chi connectivity index (χ3v) is 1.38. The first-order chi connectivity index (χ1) is 6.91. The Hall–Kier alpha value is -2.02. The third-order valence-electron chi connectivity index (χ3n) is 1.13. The highest BCUT2D eigenvalue weighted by molar-refractivity contribution is 6.30. The van der Waals surface area contributed by atoms with Crippen LogP contribution in [0.15, 0.2) is 24.3 Å². The van der Waals surface area contributed by atoms with Crippen molar-refractivity contribution in [2.45, 2.75) is 0 Å². The van der Waals surface area contributed by atoms with Crippen LogP contribution in [0.4, 0.5) is 5.69 Å². The second-order valence-corrected chi connectivity index (χ2v) is 2.75. The second kappa shape index (κ2) is 6.44. The predicted molar refractivity (Wildman–Crippen MR) is 55.8 cm³/mol. The monoisotopic (exact) mass is 232 g/mol. The van der Waals surface area contributed by atoms with E-state index in [1.807, 2.05) is 0 Å². The first-order valence-corrected chi connectivity index (χ1v) is 4.01. The summed E-state index contributed by atoms with van der Waals surface area (Å²) < 4.78 is 0. The molecule has 0 aliphatic heterocycles. The molecule has 0 radical (unpaired) electrons. The highest BCUT2D eigenvalue weighted by Gasteiger charge is 1.91.